The average molecular weight is 331 g/mol. The van der Waals surface area contributed by atoms with Crippen LogP contribution in [0.1, 0.15) is 16.7 Å². The summed E-state index contributed by atoms with van der Waals surface area (Å²) in [6.07, 6.45) is 1.92. The third-order valence-corrected chi connectivity index (χ3v) is 4.07. The molecule has 0 aliphatic carbocycles. The molecule has 0 spiro atoms. The second kappa shape index (κ2) is 6.05. The van der Waals surface area contributed by atoms with Gasteiger partial charge in [0.2, 0.25) is 5.91 Å². The van der Waals surface area contributed by atoms with E-state index in [2.05, 4.69) is 10.3 Å². The maximum absolute atomic E-state index is 13.2. The molecule has 3 rings (SSSR count). The van der Waals surface area contributed by atoms with Crippen LogP contribution in [0.2, 0.25) is 5.02 Å². The molecule has 3 aromatic rings. The van der Waals surface area contributed by atoms with Crippen LogP contribution in [0, 0.1) is 19.7 Å². The van der Waals surface area contributed by atoms with Crippen LogP contribution in [0.4, 0.5) is 10.1 Å². The Morgan fingerprint density at radius 2 is 2.04 bits per heavy atom. The minimum absolute atomic E-state index is 0.163. The van der Waals surface area contributed by atoms with Crippen molar-refractivity contribution in [1.82, 2.24) is 4.98 Å². The highest BCUT2D eigenvalue weighted by Crippen LogP contribution is 2.28. The van der Waals surface area contributed by atoms with Crippen LogP contribution in [-0.4, -0.2) is 10.9 Å². The Balaban J connectivity index is 1.82. The molecule has 0 bridgehead atoms. The fourth-order valence-corrected chi connectivity index (χ4v) is 3.10. The van der Waals surface area contributed by atoms with E-state index in [1.54, 1.807) is 12.3 Å². The molecule has 2 N–H and O–H groups in total. The molecule has 1 heterocycles. The van der Waals surface area contributed by atoms with Crippen LogP contribution in [0.3, 0.4) is 0 Å². The summed E-state index contributed by atoms with van der Waals surface area (Å²) >= 11 is 6.21. The first-order valence-corrected chi connectivity index (χ1v) is 7.64. The standard InChI is InChI=1S/C18H16ClFN2O/c1-10-5-11(2)18(15(19)6-10)22-17(23)7-12-9-21-16-8-13(20)3-4-14(12)16/h3-6,8-9,21H,7H2,1-2H3,(H,22,23). The van der Waals surface area contributed by atoms with Gasteiger partial charge < -0.3 is 10.3 Å². The number of amides is 1. The average Bonchev–Trinajstić information content (AvgIpc) is 2.85. The fraction of sp³-hybridized carbons (Fsp3) is 0.167. The van der Waals surface area contributed by atoms with Gasteiger partial charge in [-0.05, 0) is 54.8 Å². The Labute approximate surface area is 138 Å². The van der Waals surface area contributed by atoms with E-state index < -0.39 is 0 Å². The molecule has 0 unspecified atom stereocenters. The zero-order valence-corrected chi connectivity index (χ0v) is 13.6. The number of hydrogen-bond donors (Lipinski definition) is 2. The molecule has 0 aliphatic rings. The molecule has 0 aliphatic heterocycles. The van der Waals surface area contributed by atoms with Crippen molar-refractivity contribution in [3.63, 3.8) is 0 Å². The van der Waals surface area contributed by atoms with Gasteiger partial charge in [0.25, 0.3) is 0 Å². The number of carbonyl (C=O) groups excluding carboxylic acids is 1. The number of aromatic nitrogens is 1. The summed E-state index contributed by atoms with van der Waals surface area (Å²) in [6.45, 7) is 3.86. The van der Waals surface area contributed by atoms with Crippen molar-refractivity contribution >= 4 is 34.1 Å². The van der Waals surface area contributed by atoms with E-state index in [-0.39, 0.29) is 18.1 Å². The van der Waals surface area contributed by atoms with Crippen molar-refractivity contribution in [3.05, 3.63) is 64.1 Å². The number of H-pyrrole nitrogens is 1. The molecule has 23 heavy (non-hydrogen) atoms. The molecule has 0 saturated carbocycles. The Bertz CT molecular complexity index is 878. The number of hydrogen-bond acceptors (Lipinski definition) is 1. The van der Waals surface area contributed by atoms with Gasteiger partial charge in [0.05, 0.1) is 17.1 Å². The Kier molecular flexibility index (Phi) is 4.09. The molecule has 1 aromatic heterocycles. The number of nitrogens with one attached hydrogen (secondary N) is 2. The summed E-state index contributed by atoms with van der Waals surface area (Å²) in [6, 6.07) is 8.26. The molecule has 1 amide bonds. The van der Waals surface area contributed by atoms with Crippen LogP contribution in [-0.2, 0) is 11.2 Å². The van der Waals surface area contributed by atoms with Gasteiger partial charge in [-0.2, -0.15) is 0 Å². The van der Waals surface area contributed by atoms with Gasteiger partial charge in [0.1, 0.15) is 5.82 Å². The molecule has 118 valence electrons. The van der Waals surface area contributed by atoms with Crippen LogP contribution < -0.4 is 5.32 Å². The van der Waals surface area contributed by atoms with Crippen LogP contribution in [0.25, 0.3) is 10.9 Å². The molecule has 0 saturated heterocycles. The third-order valence-electron chi connectivity index (χ3n) is 3.78. The summed E-state index contributed by atoms with van der Waals surface area (Å²) in [5, 5.41) is 4.23. The number of anilines is 1. The number of fused-ring (bicyclic) bond motifs is 1. The van der Waals surface area contributed by atoms with Gasteiger partial charge in [-0.25, -0.2) is 4.39 Å². The van der Waals surface area contributed by atoms with Gasteiger partial charge in [0, 0.05) is 17.1 Å². The zero-order chi connectivity index (χ0) is 16.6. The smallest absolute Gasteiger partial charge is 0.228 e. The SMILES string of the molecule is Cc1cc(C)c(NC(=O)Cc2c[nH]c3cc(F)ccc23)c(Cl)c1. The molecule has 3 nitrogen and oxygen atoms in total. The van der Waals surface area contributed by atoms with Crippen molar-refractivity contribution in [1.29, 1.82) is 0 Å². The lowest BCUT2D eigenvalue weighted by molar-refractivity contribution is -0.115. The predicted molar refractivity (Wildman–Crippen MR) is 91.5 cm³/mol. The first-order valence-electron chi connectivity index (χ1n) is 7.26. The third kappa shape index (κ3) is 3.22. The highest BCUT2D eigenvalue weighted by atomic mass is 35.5. The fourth-order valence-electron chi connectivity index (χ4n) is 2.74. The summed E-state index contributed by atoms with van der Waals surface area (Å²) < 4.78 is 13.2. The minimum atomic E-state index is -0.308. The molecule has 2 aromatic carbocycles. The van der Waals surface area contributed by atoms with E-state index in [0.717, 1.165) is 22.1 Å². The normalized spacial score (nSPS) is 11.0. The topological polar surface area (TPSA) is 44.9 Å². The molecule has 0 fully saturated rings. The van der Waals surface area contributed by atoms with Gasteiger partial charge in [0.15, 0.2) is 0 Å². The van der Waals surface area contributed by atoms with Gasteiger partial charge >= 0.3 is 0 Å². The maximum Gasteiger partial charge on any atom is 0.228 e. The number of aryl methyl sites for hydroxylation is 2. The Hall–Kier alpha value is -2.33. The number of benzene rings is 2. The van der Waals surface area contributed by atoms with Crippen LogP contribution in [0.15, 0.2) is 36.5 Å². The quantitative estimate of drug-likeness (QED) is 0.714. The van der Waals surface area contributed by atoms with Gasteiger partial charge in [-0.1, -0.05) is 17.7 Å². The highest BCUT2D eigenvalue weighted by Gasteiger charge is 2.13. The predicted octanol–water partition coefficient (Wildman–Crippen LogP) is 4.76. The number of halogens is 2. The highest BCUT2D eigenvalue weighted by molar-refractivity contribution is 6.34. The van der Waals surface area contributed by atoms with Gasteiger partial charge in [-0.3, -0.25) is 4.79 Å². The van der Waals surface area contributed by atoms with Crippen LogP contribution in [0.5, 0.6) is 0 Å². The summed E-state index contributed by atoms with van der Waals surface area (Å²) in [5.41, 5.74) is 4.09. The molecule has 0 atom stereocenters. The second-order valence-electron chi connectivity index (χ2n) is 5.67. The molecule has 5 heteroatoms. The van der Waals surface area contributed by atoms with E-state index in [0.29, 0.717) is 16.2 Å². The molecular formula is C18H16ClFN2O. The van der Waals surface area contributed by atoms with E-state index in [1.807, 2.05) is 26.0 Å². The second-order valence-corrected chi connectivity index (χ2v) is 6.07. The summed E-state index contributed by atoms with van der Waals surface area (Å²) in [4.78, 5) is 15.3. The minimum Gasteiger partial charge on any atom is -0.361 e. The van der Waals surface area contributed by atoms with E-state index >= 15 is 0 Å². The van der Waals surface area contributed by atoms with E-state index in [4.69, 9.17) is 11.6 Å². The Morgan fingerprint density at radius 1 is 1.26 bits per heavy atom. The number of aromatic amines is 1. The van der Waals surface area contributed by atoms with Gasteiger partial charge in [-0.15, -0.1) is 0 Å². The van der Waals surface area contributed by atoms with Crippen molar-refractivity contribution in [2.45, 2.75) is 20.3 Å². The molecular weight excluding hydrogens is 315 g/mol. The van der Waals surface area contributed by atoms with Crippen molar-refractivity contribution < 1.29 is 9.18 Å². The summed E-state index contributed by atoms with van der Waals surface area (Å²) in [5.74, 6) is -0.471. The lowest BCUT2D eigenvalue weighted by Gasteiger charge is -2.11. The molecule has 0 radical (unpaired) electrons. The first kappa shape index (κ1) is 15.6. The van der Waals surface area contributed by atoms with Crippen molar-refractivity contribution in [2.75, 3.05) is 5.32 Å². The lowest BCUT2D eigenvalue weighted by Crippen LogP contribution is -2.15. The lowest BCUT2D eigenvalue weighted by atomic mass is 10.1. The van der Waals surface area contributed by atoms with Crippen molar-refractivity contribution in [3.8, 4) is 0 Å². The Morgan fingerprint density at radius 3 is 2.78 bits per heavy atom. The van der Waals surface area contributed by atoms with Crippen molar-refractivity contribution in [2.24, 2.45) is 0 Å². The first-order chi connectivity index (χ1) is 10.9. The number of carbonyl (C=O) groups is 1. The number of rotatable bonds is 3. The zero-order valence-electron chi connectivity index (χ0n) is 12.8. The maximum atomic E-state index is 13.2. The van der Waals surface area contributed by atoms with E-state index in [1.165, 1.54) is 12.1 Å². The summed E-state index contributed by atoms with van der Waals surface area (Å²) in [7, 11) is 0. The van der Waals surface area contributed by atoms with E-state index in [9.17, 15) is 9.18 Å². The monoisotopic (exact) mass is 330 g/mol. The van der Waals surface area contributed by atoms with Crippen LogP contribution >= 0.6 is 11.6 Å². The largest absolute Gasteiger partial charge is 0.361 e.